The van der Waals surface area contributed by atoms with Crippen LogP contribution in [0, 0.1) is 0 Å². The van der Waals surface area contributed by atoms with Crippen LogP contribution in [0.25, 0.3) is 0 Å². The van der Waals surface area contributed by atoms with E-state index in [1.165, 1.54) is 7.11 Å². The van der Waals surface area contributed by atoms with Crippen molar-refractivity contribution in [3.05, 3.63) is 23.8 Å². The second-order valence-electron chi connectivity index (χ2n) is 2.58. The van der Waals surface area contributed by atoms with Crippen LogP contribution in [0.2, 0.25) is 0 Å². The maximum atomic E-state index is 10.8. The number of carbonyl (C=O) groups excluding carboxylic acids is 1. The predicted molar refractivity (Wildman–Crippen MR) is 51.2 cm³/mol. The number of carbonyl (C=O) groups is 1. The van der Waals surface area contributed by atoms with E-state index in [2.05, 4.69) is 4.74 Å². The minimum absolute atomic E-state index is 0.000509. The van der Waals surface area contributed by atoms with Crippen LogP contribution in [0.3, 0.4) is 0 Å². The number of allylic oxidation sites excluding steroid dienone is 2. The zero-order chi connectivity index (χ0) is 10.3. The fourth-order valence-electron chi connectivity index (χ4n) is 0.951. The van der Waals surface area contributed by atoms with Gasteiger partial charge in [-0.2, -0.15) is 0 Å². The maximum Gasteiger partial charge on any atom is 0.308 e. The van der Waals surface area contributed by atoms with Crippen LogP contribution in [-0.2, 0) is 9.53 Å². The molecule has 0 aromatic rings. The highest BCUT2D eigenvalue weighted by molar-refractivity contribution is 5.70. The Labute approximate surface area is 78.7 Å². The monoisotopic (exact) mass is 184 g/mol. The van der Waals surface area contributed by atoms with Gasteiger partial charge in [0.1, 0.15) is 0 Å². The van der Waals surface area contributed by atoms with Gasteiger partial charge in [-0.3, -0.25) is 4.79 Å². The van der Waals surface area contributed by atoms with Crippen LogP contribution in [-0.4, -0.2) is 24.3 Å². The SMILES string of the molecule is C/C=C\C(=C/C)C(O)CC(=O)OC. The Morgan fingerprint density at radius 3 is 2.54 bits per heavy atom. The first-order chi connectivity index (χ1) is 6.15. The first-order valence-corrected chi connectivity index (χ1v) is 4.19. The second-order valence-corrected chi connectivity index (χ2v) is 2.58. The highest BCUT2D eigenvalue weighted by atomic mass is 16.5. The maximum absolute atomic E-state index is 10.8. The Kier molecular flexibility index (Phi) is 5.89. The van der Waals surface area contributed by atoms with Crippen LogP contribution in [0.15, 0.2) is 23.8 Å². The molecule has 0 rings (SSSR count). The molecule has 0 fully saturated rings. The fourth-order valence-corrected chi connectivity index (χ4v) is 0.951. The van der Waals surface area contributed by atoms with E-state index in [-0.39, 0.29) is 6.42 Å². The van der Waals surface area contributed by atoms with E-state index in [4.69, 9.17) is 0 Å². The van der Waals surface area contributed by atoms with Crippen molar-refractivity contribution < 1.29 is 14.6 Å². The zero-order valence-corrected chi connectivity index (χ0v) is 8.28. The molecule has 0 amide bonds. The summed E-state index contributed by atoms with van der Waals surface area (Å²) in [7, 11) is 1.31. The van der Waals surface area contributed by atoms with Crippen LogP contribution in [0.4, 0.5) is 0 Å². The minimum atomic E-state index is -0.770. The lowest BCUT2D eigenvalue weighted by atomic mass is 10.1. The molecule has 0 aliphatic rings. The number of aliphatic hydroxyl groups is 1. The normalized spacial score (nSPS) is 14.6. The Morgan fingerprint density at radius 1 is 1.54 bits per heavy atom. The quantitative estimate of drug-likeness (QED) is 0.531. The molecule has 0 saturated carbocycles. The number of hydrogen-bond donors (Lipinski definition) is 1. The van der Waals surface area contributed by atoms with Crippen molar-refractivity contribution >= 4 is 5.97 Å². The summed E-state index contributed by atoms with van der Waals surface area (Å²) >= 11 is 0. The molecule has 0 radical (unpaired) electrons. The van der Waals surface area contributed by atoms with Crippen molar-refractivity contribution in [1.29, 1.82) is 0 Å². The number of ether oxygens (including phenoxy) is 1. The van der Waals surface area contributed by atoms with Gasteiger partial charge in [0, 0.05) is 0 Å². The lowest BCUT2D eigenvalue weighted by Crippen LogP contribution is -2.16. The lowest BCUT2D eigenvalue weighted by Gasteiger charge is -2.09. The Balaban J connectivity index is 4.23. The molecule has 0 aliphatic carbocycles. The standard InChI is InChI=1S/C10H16O3/c1-4-6-8(5-2)9(11)7-10(12)13-3/h4-6,9,11H,7H2,1-3H3/b6-4-,8-5+. The average molecular weight is 184 g/mol. The Morgan fingerprint density at radius 2 is 2.15 bits per heavy atom. The van der Waals surface area contributed by atoms with E-state index in [1.807, 2.05) is 19.9 Å². The third-order valence-corrected chi connectivity index (χ3v) is 1.66. The first kappa shape index (κ1) is 11.9. The lowest BCUT2D eigenvalue weighted by molar-refractivity contribution is -0.142. The van der Waals surface area contributed by atoms with Crippen LogP contribution in [0.5, 0.6) is 0 Å². The van der Waals surface area contributed by atoms with Gasteiger partial charge in [0.05, 0.1) is 19.6 Å². The van der Waals surface area contributed by atoms with Gasteiger partial charge >= 0.3 is 5.97 Å². The van der Waals surface area contributed by atoms with E-state index in [0.29, 0.717) is 0 Å². The van der Waals surface area contributed by atoms with Gasteiger partial charge in [-0.05, 0) is 19.4 Å². The summed E-state index contributed by atoms with van der Waals surface area (Å²) in [5, 5.41) is 9.52. The number of esters is 1. The molecular weight excluding hydrogens is 168 g/mol. The molecule has 0 aromatic carbocycles. The highest BCUT2D eigenvalue weighted by Crippen LogP contribution is 2.08. The summed E-state index contributed by atoms with van der Waals surface area (Å²) in [6, 6.07) is 0. The van der Waals surface area contributed by atoms with Crippen LogP contribution >= 0.6 is 0 Å². The Hall–Kier alpha value is -1.09. The van der Waals surface area contributed by atoms with Gasteiger partial charge in [-0.15, -0.1) is 0 Å². The number of methoxy groups -OCH3 is 1. The average Bonchev–Trinajstić information content (AvgIpc) is 2.13. The summed E-state index contributed by atoms with van der Waals surface area (Å²) in [4.78, 5) is 10.8. The van der Waals surface area contributed by atoms with Gasteiger partial charge in [-0.25, -0.2) is 0 Å². The zero-order valence-electron chi connectivity index (χ0n) is 8.28. The topological polar surface area (TPSA) is 46.5 Å². The third-order valence-electron chi connectivity index (χ3n) is 1.66. The molecule has 74 valence electrons. The summed E-state index contributed by atoms with van der Waals surface area (Å²) in [5.41, 5.74) is 0.730. The van der Waals surface area contributed by atoms with Gasteiger partial charge in [0.15, 0.2) is 0 Å². The molecule has 0 heterocycles. The number of aliphatic hydroxyl groups excluding tert-OH is 1. The van der Waals surface area contributed by atoms with Gasteiger partial charge in [-0.1, -0.05) is 18.2 Å². The van der Waals surface area contributed by atoms with E-state index < -0.39 is 12.1 Å². The smallest absolute Gasteiger partial charge is 0.308 e. The van der Waals surface area contributed by atoms with E-state index in [1.54, 1.807) is 12.2 Å². The molecule has 0 aliphatic heterocycles. The molecule has 3 heteroatoms. The van der Waals surface area contributed by atoms with E-state index in [0.717, 1.165) is 5.57 Å². The first-order valence-electron chi connectivity index (χ1n) is 4.19. The highest BCUT2D eigenvalue weighted by Gasteiger charge is 2.12. The molecule has 0 spiro atoms. The van der Waals surface area contributed by atoms with E-state index >= 15 is 0 Å². The molecule has 1 N–H and O–H groups in total. The molecule has 1 atom stereocenters. The van der Waals surface area contributed by atoms with Crippen LogP contribution < -0.4 is 0 Å². The number of rotatable bonds is 4. The molecule has 0 saturated heterocycles. The van der Waals surface area contributed by atoms with Gasteiger partial charge < -0.3 is 9.84 Å². The van der Waals surface area contributed by atoms with Crippen molar-refractivity contribution in [2.24, 2.45) is 0 Å². The minimum Gasteiger partial charge on any atom is -0.469 e. The van der Waals surface area contributed by atoms with Crippen molar-refractivity contribution in [2.75, 3.05) is 7.11 Å². The second kappa shape index (κ2) is 6.43. The van der Waals surface area contributed by atoms with Crippen molar-refractivity contribution in [3.63, 3.8) is 0 Å². The molecule has 1 unspecified atom stereocenters. The molecule has 3 nitrogen and oxygen atoms in total. The van der Waals surface area contributed by atoms with Crippen LogP contribution in [0.1, 0.15) is 20.3 Å². The van der Waals surface area contributed by atoms with Crippen molar-refractivity contribution in [3.8, 4) is 0 Å². The van der Waals surface area contributed by atoms with Crippen molar-refractivity contribution in [2.45, 2.75) is 26.4 Å². The summed E-state index contributed by atoms with van der Waals surface area (Å²) in [6.07, 6.45) is 4.59. The molecule has 0 bridgehead atoms. The fraction of sp³-hybridized carbons (Fsp3) is 0.500. The summed E-state index contributed by atoms with van der Waals surface area (Å²) in [5.74, 6) is -0.406. The molecule has 0 aromatic heterocycles. The molecule has 13 heavy (non-hydrogen) atoms. The summed E-state index contributed by atoms with van der Waals surface area (Å²) < 4.78 is 4.44. The van der Waals surface area contributed by atoms with Gasteiger partial charge in [0.2, 0.25) is 0 Å². The van der Waals surface area contributed by atoms with Gasteiger partial charge in [0.25, 0.3) is 0 Å². The molecular formula is C10H16O3. The summed E-state index contributed by atoms with van der Waals surface area (Å²) in [6.45, 7) is 3.67. The predicted octanol–water partition coefficient (Wildman–Crippen LogP) is 1.43. The van der Waals surface area contributed by atoms with E-state index in [9.17, 15) is 9.90 Å². The largest absolute Gasteiger partial charge is 0.469 e. The van der Waals surface area contributed by atoms with Crippen molar-refractivity contribution in [1.82, 2.24) is 0 Å². The number of hydrogen-bond acceptors (Lipinski definition) is 3. The third kappa shape index (κ3) is 4.48. The Bertz CT molecular complexity index is 216.